The highest BCUT2D eigenvalue weighted by Gasteiger charge is 2.42. The number of methoxy groups -OCH3 is 1. The Bertz CT molecular complexity index is 900. The molecule has 1 aromatic heterocycles. The summed E-state index contributed by atoms with van der Waals surface area (Å²) in [5, 5.41) is 9.20. The molecule has 0 saturated carbocycles. The van der Waals surface area contributed by atoms with Crippen LogP contribution in [-0.4, -0.2) is 35.0 Å². The third kappa shape index (κ3) is 3.39. The van der Waals surface area contributed by atoms with E-state index in [1.807, 2.05) is 0 Å². The van der Waals surface area contributed by atoms with E-state index in [0.29, 0.717) is 28.2 Å². The summed E-state index contributed by atoms with van der Waals surface area (Å²) >= 11 is 0.668. The molecule has 1 aromatic rings. The van der Waals surface area contributed by atoms with Gasteiger partial charge in [-0.25, -0.2) is 13.2 Å². The van der Waals surface area contributed by atoms with Gasteiger partial charge in [0.15, 0.2) is 5.76 Å². The zero-order valence-electron chi connectivity index (χ0n) is 14.5. The molecular weight excluding hydrogens is 383 g/mol. The Morgan fingerprint density at radius 2 is 2.11 bits per heavy atom. The van der Waals surface area contributed by atoms with E-state index >= 15 is 0 Å². The van der Waals surface area contributed by atoms with E-state index in [4.69, 9.17) is 4.74 Å². The number of carbonyl (C=O) groups excluding carboxylic acids is 1. The maximum absolute atomic E-state index is 14.3. The van der Waals surface area contributed by atoms with Crippen molar-refractivity contribution in [1.29, 1.82) is 0 Å². The van der Waals surface area contributed by atoms with Gasteiger partial charge in [-0.15, -0.1) is 11.3 Å². The minimum Gasteiger partial charge on any atom is -0.494 e. The monoisotopic (exact) mass is 399 g/mol. The predicted octanol–water partition coefficient (Wildman–Crippen LogP) is 4.42. The second kappa shape index (κ2) is 7.22. The Balaban J connectivity index is 2.03. The molecular formula is C18H16F3NO4S. The van der Waals surface area contributed by atoms with Crippen LogP contribution < -0.4 is 0 Å². The highest BCUT2D eigenvalue weighted by Crippen LogP contribution is 2.43. The summed E-state index contributed by atoms with van der Waals surface area (Å²) in [5.74, 6) is -2.23. The van der Waals surface area contributed by atoms with Crippen molar-refractivity contribution in [3.8, 4) is 0 Å². The fourth-order valence-electron chi connectivity index (χ4n) is 3.35. The molecule has 3 rings (SSSR count). The normalized spacial score (nSPS) is 19.6. The van der Waals surface area contributed by atoms with Crippen molar-refractivity contribution in [3.63, 3.8) is 0 Å². The van der Waals surface area contributed by atoms with Gasteiger partial charge in [0.2, 0.25) is 0 Å². The molecule has 0 saturated heterocycles. The standard InChI is InChI=1S/C18H16F3NO4S/c1-8-9(6-16(23)24)10-5-13(26-2)11(19)7-12(10)22(8)18(25)15-4-3-14(27-15)17(20)21/h3-5,12,17H,6-7H2,1-2H3,(H,23,24). The number of ether oxygens (including phenoxy) is 1. The molecule has 0 spiro atoms. The van der Waals surface area contributed by atoms with Crippen LogP contribution in [0.4, 0.5) is 13.2 Å². The summed E-state index contributed by atoms with van der Waals surface area (Å²) in [6, 6.07) is 1.75. The fraction of sp³-hybridized carbons (Fsp3) is 0.333. The van der Waals surface area contributed by atoms with Gasteiger partial charge in [0, 0.05) is 12.1 Å². The van der Waals surface area contributed by atoms with Gasteiger partial charge >= 0.3 is 5.97 Å². The number of amides is 1. The van der Waals surface area contributed by atoms with Gasteiger partial charge < -0.3 is 14.7 Å². The molecule has 1 unspecified atom stereocenters. The zero-order valence-corrected chi connectivity index (χ0v) is 15.3. The van der Waals surface area contributed by atoms with Gasteiger partial charge in [-0.05, 0) is 36.3 Å². The number of allylic oxidation sites excluding steroid dienone is 2. The Morgan fingerprint density at radius 1 is 1.41 bits per heavy atom. The number of halogens is 3. The molecule has 1 N–H and O–H groups in total. The summed E-state index contributed by atoms with van der Waals surface area (Å²) in [6.45, 7) is 1.57. The first-order valence-corrected chi connectivity index (χ1v) is 8.83. The molecule has 1 aliphatic carbocycles. The molecule has 5 nitrogen and oxygen atoms in total. The molecule has 27 heavy (non-hydrogen) atoms. The van der Waals surface area contributed by atoms with Crippen LogP contribution >= 0.6 is 11.3 Å². The van der Waals surface area contributed by atoms with E-state index in [2.05, 4.69) is 0 Å². The first kappa shape index (κ1) is 19.2. The Kier molecular flexibility index (Phi) is 5.14. The number of fused-ring (bicyclic) bond motifs is 1. The quantitative estimate of drug-likeness (QED) is 0.796. The third-order valence-corrected chi connectivity index (χ3v) is 5.64. The topological polar surface area (TPSA) is 66.8 Å². The van der Waals surface area contributed by atoms with E-state index in [9.17, 15) is 27.9 Å². The molecule has 0 aromatic carbocycles. The summed E-state index contributed by atoms with van der Waals surface area (Å²) in [6.07, 6.45) is -1.81. The minimum atomic E-state index is -2.69. The number of aliphatic carboxylic acids is 1. The fourth-order valence-corrected chi connectivity index (χ4v) is 4.15. The van der Waals surface area contributed by atoms with Gasteiger partial charge in [0.05, 0.1) is 29.3 Å². The number of carboxylic acids is 1. The van der Waals surface area contributed by atoms with E-state index < -0.39 is 30.2 Å². The Morgan fingerprint density at radius 3 is 2.67 bits per heavy atom. The van der Waals surface area contributed by atoms with Gasteiger partial charge in [-0.2, -0.15) is 0 Å². The van der Waals surface area contributed by atoms with Gasteiger partial charge in [0.1, 0.15) is 5.83 Å². The van der Waals surface area contributed by atoms with Crippen LogP contribution in [0, 0.1) is 0 Å². The first-order valence-electron chi connectivity index (χ1n) is 8.02. The predicted molar refractivity (Wildman–Crippen MR) is 92.0 cm³/mol. The molecule has 2 aliphatic rings. The van der Waals surface area contributed by atoms with Crippen molar-refractivity contribution in [2.75, 3.05) is 7.11 Å². The lowest BCUT2D eigenvalue weighted by atomic mass is 9.92. The average molecular weight is 399 g/mol. The van der Waals surface area contributed by atoms with Crippen molar-refractivity contribution < 1.29 is 32.6 Å². The van der Waals surface area contributed by atoms with Crippen LogP contribution in [0.1, 0.15) is 40.7 Å². The van der Waals surface area contributed by atoms with Crippen LogP contribution in [0.5, 0.6) is 0 Å². The summed E-state index contributed by atoms with van der Waals surface area (Å²) in [4.78, 5) is 25.3. The summed E-state index contributed by atoms with van der Waals surface area (Å²) in [5.41, 5.74) is 1.26. The van der Waals surface area contributed by atoms with Gasteiger partial charge in [-0.1, -0.05) is 0 Å². The molecule has 1 aliphatic heterocycles. The van der Waals surface area contributed by atoms with Gasteiger partial charge in [0.25, 0.3) is 12.3 Å². The van der Waals surface area contributed by atoms with Crippen LogP contribution in [-0.2, 0) is 9.53 Å². The van der Waals surface area contributed by atoms with Crippen LogP contribution in [0.15, 0.2) is 46.6 Å². The number of thiophene rings is 1. The molecule has 2 heterocycles. The number of rotatable bonds is 5. The molecule has 0 radical (unpaired) electrons. The van der Waals surface area contributed by atoms with Crippen molar-refractivity contribution in [2.24, 2.45) is 0 Å². The van der Waals surface area contributed by atoms with Gasteiger partial charge in [-0.3, -0.25) is 9.59 Å². The summed E-state index contributed by atoms with van der Waals surface area (Å²) < 4.78 is 45.0. The zero-order chi connectivity index (χ0) is 19.9. The van der Waals surface area contributed by atoms with Crippen molar-refractivity contribution in [2.45, 2.75) is 32.2 Å². The molecule has 9 heteroatoms. The summed E-state index contributed by atoms with van der Waals surface area (Å²) in [7, 11) is 1.30. The molecule has 144 valence electrons. The van der Waals surface area contributed by atoms with Crippen LogP contribution in [0.2, 0.25) is 0 Å². The second-order valence-electron chi connectivity index (χ2n) is 6.11. The number of hydrogen-bond acceptors (Lipinski definition) is 4. The Hall–Kier alpha value is -2.55. The van der Waals surface area contributed by atoms with E-state index in [0.717, 1.165) is 0 Å². The smallest absolute Gasteiger partial charge is 0.307 e. The molecule has 1 amide bonds. The highest BCUT2D eigenvalue weighted by atomic mass is 32.1. The van der Waals surface area contributed by atoms with Crippen LogP contribution in [0.3, 0.4) is 0 Å². The average Bonchev–Trinajstić information content (AvgIpc) is 3.18. The van der Waals surface area contributed by atoms with Crippen molar-refractivity contribution in [1.82, 2.24) is 4.90 Å². The van der Waals surface area contributed by atoms with Crippen molar-refractivity contribution in [3.05, 3.63) is 56.4 Å². The number of alkyl halides is 2. The minimum absolute atomic E-state index is 0.0117. The molecule has 0 fully saturated rings. The number of hydrogen-bond donors (Lipinski definition) is 1. The largest absolute Gasteiger partial charge is 0.494 e. The number of carbonyl (C=O) groups is 2. The highest BCUT2D eigenvalue weighted by molar-refractivity contribution is 7.14. The second-order valence-corrected chi connectivity index (χ2v) is 7.22. The van der Waals surface area contributed by atoms with E-state index in [1.165, 1.54) is 30.2 Å². The lowest BCUT2D eigenvalue weighted by molar-refractivity contribution is -0.136. The van der Waals surface area contributed by atoms with Crippen LogP contribution in [0.25, 0.3) is 0 Å². The van der Waals surface area contributed by atoms with E-state index in [1.54, 1.807) is 6.92 Å². The molecule has 0 bridgehead atoms. The SMILES string of the molecule is COC1=C(F)CC2C(=C1)C(CC(=O)O)=C(C)N2C(=O)c1ccc(C(F)F)s1. The lowest BCUT2D eigenvalue weighted by Crippen LogP contribution is -2.36. The molecule has 1 atom stereocenters. The van der Waals surface area contributed by atoms with Crippen molar-refractivity contribution >= 4 is 23.2 Å². The number of carboxylic acid groups (broad SMARTS) is 1. The van der Waals surface area contributed by atoms with E-state index in [-0.39, 0.29) is 28.4 Å². The number of nitrogens with zero attached hydrogens (tertiary/aromatic N) is 1. The maximum atomic E-state index is 14.3. The third-order valence-electron chi connectivity index (χ3n) is 4.56. The lowest BCUT2D eigenvalue weighted by Gasteiger charge is -2.28. The maximum Gasteiger partial charge on any atom is 0.307 e. The Labute approximate surface area is 157 Å². The first-order chi connectivity index (χ1) is 12.7.